The van der Waals surface area contributed by atoms with E-state index < -0.39 is 5.97 Å². The number of aromatic carboxylic acids is 1. The first-order chi connectivity index (χ1) is 9.09. The molecule has 0 atom stereocenters. The Kier molecular flexibility index (Phi) is 3.56. The van der Waals surface area contributed by atoms with Gasteiger partial charge >= 0.3 is 5.97 Å². The van der Waals surface area contributed by atoms with E-state index in [0.29, 0.717) is 0 Å². The van der Waals surface area contributed by atoms with Crippen molar-refractivity contribution in [3.05, 3.63) is 59.9 Å². The lowest BCUT2D eigenvalue weighted by Crippen LogP contribution is -2.26. The molecule has 5 nitrogen and oxygen atoms in total. The van der Waals surface area contributed by atoms with Crippen molar-refractivity contribution in [2.24, 2.45) is 0 Å². The summed E-state index contributed by atoms with van der Waals surface area (Å²) in [6.45, 7) is 0. The number of amides is 1. The zero-order chi connectivity index (χ0) is 13.8. The van der Waals surface area contributed by atoms with Gasteiger partial charge in [-0.3, -0.25) is 9.78 Å². The van der Waals surface area contributed by atoms with Crippen LogP contribution in [0.2, 0.25) is 0 Å². The lowest BCUT2D eigenvalue weighted by Gasteiger charge is -2.17. The molecule has 0 fully saturated rings. The largest absolute Gasteiger partial charge is 0.478 e. The van der Waals surface area contributed by atoms with Crippen molar-refractivity contribution in [2.45, 2.75) is 0 Å². The molecule has 2 rings (SSSR count). The van der Waals surface area contributed by atoms with E-state index in [0.717, 1.165) is 5.69 Å². The highest BCUT2D eigenvalue weighted by molar-refractivity contribution is 6.06. The van der Waals surface area contributed by atoms with Crippen molar-refractivity contribution in [3.8, 4) is 0 Å². The molecule has 96 valence electrons. The van der Waals surface area contributed by atoms with Crippen LogP contribution in [0.25, 0.3) is 0 Å². The van der Waals surface area contributed by atoms with Crippen molar-refractivity contribution in [2.75, 3.05) is 11.9 Å². The van der Waals surface area contributed by atoms with Crippen LogP contribution in [0.4, 0.5) is 5.69 Å². The highest BCUT2D eigenvalue weighted by Gasteiger charge is 2.15. The molecule has 2 aromatic rings. The average molecular weight is 256 g/mol. The molecule has 0 unspecified atom stereocenters. The number of carboxylic acid groups (broad SMARTS) is 1. The number of para-hydroxylation sites is 1. The van der Waals surface area contributed by atoms with Gasteiger partial charge in [0.15, 0.2) is 0 Å². The number of carbonyl (C=O) groups excluding carboxylic acids is 1. The number of pyridine rings is 1. The van der Waals surface area contributed by atoms with Crippen molar-refractivity contribution in [3.63, 3.8) is 0 Å². The highest BCUT2D eigenvalue weighted by Crippen LogP contribution is 2.15. The Hall–Kier alpha value is -2.69. The zero-order valence-corrected chi connectivity index (χ0v) is 10.3. The van der Waals surface area contributed by atoms with E-state index in [1.54, 1.807) is 19.2 Å². The second-order valence-electron chi connectivity index (χ2n) is 3.97. The molecule has 1 heterocycles. The molecule has 1 aromatic heterocycles. The topological polar surface area (TPSA) is 70.5 Å². The van der Waals surface area contributed by atoms with Crippen LogP contribution in [0.3, 0.4) is 0 Å². The maximum atomic E-state index is 12.2. The molecule has 0 saturated carbocycles. The van der Waals surface area contributed by atoms with Gasteiger partial charge in [0, 0.05) is 25.1 Å². The van der Waals surface area contributed by atoms with Gasteiger partial charge < -0.3 is 10.0 Å². The van der Waals surface area contributed by atoms with Crippen LogP contribution >= 0.6 is 0 Å². The van der Waals surface area contributed by atoms with Crippen molar-refractivity contribution in [1.29, 1.82) is 0 Å². The number of hydrogen-bond acceptors (Lipinski definition) is 3. The van der Waals surface area contributed by atoms with Crippen LogP contribution in [0.15, 0.2) is 48.8 Å². The Labute approximate surface area is 110 Å². The Balaban J connectivity index is 2.29. The van der Waals surface area contributed by atoms with Gasteiger partial charge in [-0.05, 0) is 18.2 Å². The highest BCUT2D eigenvalue weighted by atomic mass is 16.4. The van der Waals surface area contributed by atoms with E-state index in [2.05, 4.69) is 4.98 Å². The summed E-state index contributed by atoms with van der Waals surface area (Å²) in [5.74, 6) is -1.41. The van der Waals surface area contributed by atoms with Crippen LogP contribution in [0.1, 0.15) is 20.7 Å². The predicted octanol–water partition coefficient (Wildman–Crippen LogP) is 2.06. The molecule has 0 spiro atoms. The molecule has 0 radical (unpaired) electrons. The molecule has 1 N–H and O–H groups in total. The second kappa shape index (κ2) is 5.30. The number of carboxylic acids is 1. The Morgan fingerprint density at radius 2 is 1.74 bits per heavy atom. The van der Waals surface area contributed by atoms with Crippen LogP contribution in [-0.2, 0) is 0 Å². The van der Waals surface area contributed by atoms with Crippen molar-refractivity contribution >= 4 is 17.6 Å². The fourth-order valence-corrected chi connectivity index (χ4v) is 1.64. The number of anilines is 1. The first kappa shape index (κ1) is 12.8. The van der Waals surface area contributed by atoms with E-state index in [9.17, 15) is 9.59 Å². The van der Waals surface area contributed by atoms with Gasteiger partial charge in [-0.25, -0.2) is 4.79 Å². The van der Waals surface area contributed by atoms with Crippen molar-refractivity contribution in [1.82, 2.24) is 4.98 Å². The number of aromatic nitrogens is 1. The summed E-state index contributed by atoms with van der Waals surface area (Å²) >= 11 is 0. The minimum absolute atomic E-state index is 0.00712. The summed E-state index contributed by atoms with van der Waals surface area (Å²) in [5, 5.41) is 8.88. The fraction of sp³-hybridized carbons (Fsp3) is 0.0714. The summed E-state index contributed by atoms with van der Waals surface area (Å²) in [6.07, 6.45) is 2.57. The van der Waals surface area contributed by atoms with Crippen LogP contribution in [0.5, 0.6) is 0 Å². The number of carbonyl (C=O) groups is 2. The molecule has 1 aromatic carbocycles. The zero-order valence-electron chi connectivity index (χ0n) is 10.3. The Bertz CT molecular complexity index is 611. The first-order valence-corrected chi connectivity index (χ1v) is 5.61. The number of rotatable bonds is 3. The van der Waals surface area contributed by atoms with E-state index in [1.165, 1.54) is 23.4 Å². The third-order valence-electron chi connectivity index (χ3n) is 2.68. The maximum Gasteiger partial charge on any atom is 0.337 e. The van der Waals surface area contributed by atoms with Gasteiger partial charge in [0.1, 0.15) is 0 Å². The van der Waals surface area contributed by atoms with Gasteiger partial charge in [0.2, 0.25) is 0 Å². The maximum absolute atomic E-state index is 12.2. The summed E-state index contributed by atoms with van der Waals surface area (Å²) in [6, 6.07) is 10.4. The second-order valence-corrected chi connectivity index (χ2v) is 3.97. The molecule has 19 heavy (non-hydrogen) atoms. The minimum atomic E-state index is -1.11. The quantitative estimate of drug-likeness (QED) is 0.912. The van der Waals surface area contributed by atoms with E-state index in [4.69, 9.17) is 5.11 Å². The van der Waals surface area contributed by atoms with Crippen LogP contribution in [-0.4, -0.2) is 29.0 Å². The number of benzene rings is 1. The SMILES string of the molecule is CN(C(=O)c1cncc(C(=O)O)c1)c1ccccc1. The van der Waals surface area contributed by atoms with Crippen molar-refractivity contribution < 1.29 is 14.7 Å². The normalized spacial score (nSPS) is 9.95. The summed E-state index contributed by atoms with van der Waals surface area (Å²) in [7, 11) is 1.63. The van der Waals surface area contributed by atoms with Gasteiger partial charge in [-0.15, -0.1) is 0 Å². The van der Waals surface area contributed by atoms with Gasteiger partial charge in [0.05, 0.1) is 11.1 Å². The standard InChI is InChI=1S/C14H12N2O3/c1-16(12-5-3-2-4-6-12)13(17)10-7-11(14(18)19)9-15-8-10/h2-9H,1H3,(H,18,19). The number of hydrogen-bond donors (Lipinski definition) is 1. The summed E-state index contributed by atoms with van der Waals surface area (Å²) < 4.78 is 0. The van der Waals surface area contributed by atoms with E-state index >= 15 is 0 Å². The molecule has 0 saturated heterocycles. The Morgan fingerprint density at radius 3 is 2.37 bits per heavy atom. The predicted molar refractivity (Wildman–Crippen MR) is 70.4 cm³/mol. The molecule has 1 amide bonds. The number of nitrogens with zero attached hydrogens (tertiary/aromatic N) is 2. The molecule has 5 heteroatoms. The third-order valence-corrected chi connectivity index (χ3v) is 2.68. The molecule has 0 aliphatic heterocycles. The molecule has 0 bridgehead atoms. The van der Waals surface area contributed by atoms with Crippen LogP contribution < -0.4 is 4.90 Å². The van der Waals surface area contributed by atoms with Gasteiger partial charge in [-0.1, -0.05) is 18.2 Å². The first-order valence-electron chi connectivity index (χ1n) is 5.61. The Morgan fingerprint density at radius 1 is 1.11 bits per heavy atom. The minimum Gasteiger partial charge on any atom is -0.478 e. The summed E-state index contributed by atoms with van der Waals surface area (Å²) in [5.41, 5.74) is 0.965. The van der Waals surface area contributed by atoms with Crippen LogP contribution in [0, 0.1) is 0 Å². The fourth-order valence-electron chi connectivity index (χ4n) is 1.64. The lowest BCUT2D eigenvalue weighted by molar-refractivity contribution is 0.0696. The average Bonchev–Trinajstić information content (AvgIpc) is 2.46. The molecule has 0 aliphatic carbocycles. The van der Waals surface area contributed by atoms with E-state index in [-0.39, 0.29) is 17.0 Å². The van der Waals surface area contributed by atoms with Gasteiger partial charge in [0.25, 0.3) is 5.91 Å². The van der Waals surface area contributed by atoms with Gasteiger partial charge in [-0.2, -0.15) is 0 Å². The molecular weight excluding hydrogens is 244 g/mol. The molecule has 0 aliphatic rings. The van der Waals surface area contributed by atoms with E-state index in [1.807, 2.05) is 18.2 Å². The summed E-state index contributed by atoms with van der Waals surface area (Å²) in [4.78, 5) is 28.3. The smallest absolute Gasteiger partial charge is 0.337 e. The third kappa shape index (κ3) is 2.77. The lowest BCUT2D eigenvalue weighted by atomic mass is 10.2. The monoisotopic (exact) mass is 256 g/mol. The molecular formula is C14H12N2O3.